The number of carbonyl (C=O) groups is 1. The monoisotopic (exact) mass is 413 g/mol. The van der Waals surface area contributed by atoms with Gasteiger partial charge in [0.2, 0.25) is 5.56 Å². The molecule has 0 spiro atoms. The van der Waals surface area contributed by atoms with Crippen LogP contribution in [0.1, 0.15) is 15.2 Å². The Morgan fingerprint density at radius 2 is 1.93 bits per heavy atom. The number of primary amides is 1. The molecule has 0 aliphatic rings. The zero-order chi connectivity index (χ0) is 20.8. The first-order valence-electron chi connectivity index (χ1n) is 9.16. The zero-order valence-electron chi connectivity index (χ0n) is 15.8. The van der Waals surface area contributed by atoms with Crippen molar-refractivity contribution in [2.24, 2.45) is 5.73 Å². The van der Waals surface area contributed by atoms with E-state index in [1.54, 1.807) is 17.5 Å². The second-order valence-electron chi connectivity index (χ2n) is 6.85. The van der Waals surface area contributed by atoms with E-state index >= 15 is 0 Å². The zero-order valence-corrected chi connectivity index (χ0v) is 16.7. The first kappa shape index (κ1) is 18.1. The van der Waals surface area contributed by atoms with Crippen LogP contribution in [-0.2, 0) is 0 Å². The number of nitrogens with zero attached hydrogens (tertiary/aromatic N) is 3. The average Bonchev–Trinajstić information content (AvgIpc) is 3.18. The molecule has 0 unspecified atom stereocenters. The molecule has 0 aliphatic carbocycles. The van der Waals surface area contributed by atoms with E-state index in [0.717, 1.165) is 32.3 Å². The molecule has 5 rings (SSSR count). The summed E-state index contributed by atoms with van der Waals surface area (Å²) < 4.78 is 0. The normalized spacial score (nSPS) is 11.2. The predicted octanol–water partition coefficient (Wildman–Crippen LogP) is 3.67. The van der Waals surface area contributed by atoms with Crippen LogP contribution >= 0.6 is 11.3 Å². The van der Waals surface area contributed by atoms with Crippen LogP contribution in [0, 0.1) is 6.92 Å². The molecule has 0 saturated heterocycles. The lowest BCUT2D eigenvalue weighted by atomic mass is 10.0. The lowest BCUT2D eigenvalue weighted by Crippen LogP contribution is -2.18. The highest BCUT2D eigenvalue weighted by molar-refractivity contribution is 7.15. The Labute approximate surface area is 174 Å². The summed E-state index contributed by atoms with van der Waals surface area (Å²) in [6.07, 6.45) is 1.74. The van der Waals surface area contributed by atoms with Crippen LogP contribution in [0.2, 0.25) is 0 Å². The Balaban J connectivity index is 1.87. The van der Waals surface area contributed by atoms with Crippen molar-refractivity contribution in [3.8, 4) is 21.8 Å². The van der Waals surface area contributed by atoms with Crippen molar-refractivity contribution in [2.45, 2.75) is 6.92 Å². The Morgan fingerprint density at radius 3 is 2.70 bits per heavy atom. The van der Waals surface area contributed by atoms with E-state index in [2.05, 4.69) is 15.0 Å². The molecule has 4 aromatic heterocycles. The summed E-state index contributed by atoms with van der Waals surface area (Å²) in [5, 5.41) is 0.960. The van der Waals surface area contributed by atoms with Crippen LogP contribution in [0.5, 0.6) is 0 Å². The number of hydrogen-bond acceptors (Lipinski definition) is 6. The van der Waals surface area contributed by atoms with E-state index in [4.69, 9.17) is 10.7 Å². The number of amides is 1. The van der Waals surface area contributed by atoms with Crippen molar-refractivity contribution in [3.05, 3.63) is 75.5 Å². The van der Waals surface area contributed by atoms with Gasteiger partial charge in [-0.1, -0.05) is 12.1 Å². The molecule has 0 fully saturated rings. The van der Waals surface area contributed by atoms with Crippen LogP contribution in [0.4, 0.5) is 0 Å². The molecule has 1 aromatic carbocycles. The number of benzene rings is 1. The molecule has 30 heavy (non-hydrogen) atoms. The summed E-state index contributed by atoms with van der Waals surface area (Å²) in [5.41, 5.74) is 8.49. The molecular weight excluding hydrogens is 398 g/mol. The van der Waals surface area contributed by atoms with E-state index in [-0.39, 0.29) is 16.7 Å². The molecule has 1 amide bonds. The van der Waals surface area contributed by atoms with E-state index in [0.29, 0.717) is 11.4 Å². The summed E-state index contributed by atoms with van der Waals surface area (Å²) in [7, 11) is 0. The fraction of sp³-hybridized carbons (Fsp3) is 0.0455. The van der Waals surface area contributed by atoms with Gasteiger partial charge in [-0.3, -0.25) is 14.6 Å². The van der Waals surface area contributed by atoms with Crippen molar-refractivity contribution < 1.29 is 4.79 Å². The van der Waals surface area contributed by atoms with Crippen LogP contribution in [0.3, 0.4) is 0 Å². The Morgan fingerprint density at radius 1 is 1.07 bits per heavy atom. The van der Waals surface area contributed by atoms with Crippen LogP contribution < -0.4 is 11.3 Å². The number of aryl methyl sites for hydroxylation is 1. The number of rotatable bonds is 3. The van der Waals surface area contributed by atoms with Crippen LogP contribution in [-0.4, -0.2) is 25.8 Å². The summed E-state index contributed by atoms with van der Waals surface area (Å²) in [6, 6.07) is 14.8. The number of carbonyl (C=O) groups excluding carboxylic acids is 1. The number of fused-ring (bicyclic) bond motifs is 2. The number of aromatic nitrogens is 4. The molecule has 3 N–H and O–H groups in total. The van der Waals surface area contributed by atoms with Gasteiger partial charge in [0.05, 0.1) is 21.7 Å². The topological polar surface area (TPSA) is 115 Å². The molecule has 0 bridgehead atoms. The summed E-state index contributed by atoms with van der Waals surface area (Å²) >= 11 is 1.58. The third kappa shape index (κ3) is 3.03. The molecule has 4 heterocycles. The number of nitrogens with one attached hydrogen (secondary N) is 1. The SMILES string of the molecule is Cc1ccc(-c2nc3[nH]c(=O)cc(C(N)=O)c3nc2-c2ccc3ncccc3c2)s1. The van der Waals surface area contributed by atoms with Crippen molar-refractivity contribution in [1.29, 1.82) is 0 Å². The second-order valence-corrected chi connectivity index (χ2v) is 8.14. The highest BCUT2D eigenvalue weighted by Gasteiger charge is 2.19. The number of thiophene rings is 1. The molecule has 146 valence electrons. The Hall–Kier alpha value is -3.91. The quantitative estimate of drug-likeness (QED) is 0.468. The molecule has 0 radical (unpaired) electrons. The van der Waals surface area contributed by atoms with E-state index in [1.807, 2.05) is 49.4 Å². The van der Waals surface area contributed by atoms with E-state index in [9.17, 15) is 9.59 Å². The minimum Gasteiger partial charge on any atom is -0.366 e. The Kier molecular flexibility index (Phi) is 4.14. The minimum atomic E-state index is -0.728. The lowest BCUT2D eigenvalue weighted by Gasteiger charge is -2.11. The highest BCUT2D eigenvalue weighted by atomic mass is 32.1. The summed E-state index contributed by atoms with van der Waals surface area (Å²) in [5.74, 6) is -0.728. The molecule has 8 heteroatoms. The maximum atomic E-state index is 12.0. The van der Waals surface area contributed by atoms with Crippen LogP contribution in [0.25, 0.3) is 43.9 Å². The molecule has 0 saturated carbocycles. The van der Waals surface area contributed by atoms with E-state index in [1.165, 1.54) is 0 Å². The van der Waals surface area contributed by atoms with Gasteiger partial charge < -0.3 is 10.7 Å². The van der Waals surface area contributed by atoms with Crippen molar-refractivity contribution in [3.63, 3.8) is 0 Å². The predicted molar refractivity (Wildman–Crippen MR) is 117 cm³/mol. The van der Waals surface area contributed by atoms with Gasteiger partial charge in [-0.05, 0) is 37.3 Å². The molecule has 7 nitrogen and oxygen atoms in total. The maximum Gasteiger partial charge on any atom is 0.251 e. The van der Waals surface area contributed by atoms with Crippen LogP contribution in [0.15, 0.2) is 59.5 Å². The van der Waals surface area contributed by atoms with Gasteiger partial charge in [-0.2, -0.15) is 0 Å². The number of pyridine rings is 2. The summed E-state index contributed by atoms with van der Waals surface area (Å²) in [6.45, 7) is 2.01. The number of hydrogen-bond donors (Lipinski definition) is 2. The van der Waals surface area contributed by atoms with Gasteiger partial charge in [-0.15, -0.1) is 11.3 Å². The fourth-order valence-electron chi connectivity index (χ4n) is 3.41. The first-order valence-corrected chi connectivity index (χ1v) is 9.98. The van der Waals surface area contributed by atoms with Gasteiger partial charge in [0.15, 0.2) is 5.65 Å². The van der Waals surface area contributed by atoms with Crippen molar-refractivity contribution in [1.82, 2.24) is 19.9 Å². The van der Waals surface area contributed by atoms with Crippen molar-refractivity contribution >= 4 is 39.3 Å². The molecular formula is C22H15N5O2S. The second kappa shape index (κ2) is 6.85. The van der Waals surface area contributed by atoms with Gasteiger partial charge in [-0.25, -0.2) is 9.97 Å². The largest absolute Gasteiger partial charge is 0.366 e. The fourth-order valence-corrected chi connectivity index (χ4v) is 4.27. The molecule has 5 aromatic rings. The maximum absolute atomic E-state index is 12.0. The van der Waals surface area contributed by atoms with Gasteiger partial charge in [0, 0.05) is 28.1 Å². The number of nitrogens with two attached hydrogens (primary N) is 1. The standard InChI is InChI=1S/C22H15N5O2S/c1-11-4-7-16(30-11)20-18(13-5-6-15-12(9-13)3-2-8-24-15)26-19-14(21(23)29)10-17(28)25-22(19)27-20/h2-10H,1H3,(H2,23,29)(H,25,27,28). The third-order valence-corrected chi connectivity index (χ3v) is 5.79. The summed E-state index contributed by atoms with van der Waals surface area (Å²) in [4.78, 5) is 42.5. The van der Waals surface area contributed by atoms with Gasteiger partial charge in [0.25, 0.3) is 5.91 Å². The number of H-pyrrole nitrogens is 1. The van der Waals surface area contributed by atoms with Gasteiger partial charge in [0.1, 0.15) is 11.2 Å². The Bertz CT molecular complexity index is 1520. The molecule has 0 atom stereocenters. The third-order valence-electron chi connectivity index (χ3n) is 4.78. The molecule has 0 aliphatic heterocycles. The smallest absolute Gasteiger partial charge is 0.251 e. The minimum absolute atomic E-state index is 0.0406. The van der Waals surface area contributed by atoms with Crippen molar-refractivity contribution in [2.75, 3.05) is 0 Å². The number of aromatic amines is 1. The van der Waals surface area contributed by atoms with E-state index < -0.39 is 11.5 Å². The highest BCUT2D eigenvalue weighted by Crippen LogP contribution is 2.35. The average molecular weight is 413 g/mol. The first-order chi connectivity index (χ1) is 14.5. The van der Waals surface area contributed by atoms with Gasteiger partial charge >= 0.3 is 0 Å². The lowest BCUT2D eigenvalue weighted by molar-refractivity contribution is 0.100.